The van der Waals surface area contributed by atoms with E-state index in [-0.39, 0.29) is 0 Å². The van der Waals surface area contributed by atoms with Crippen molar-refractivity contribution in [2.75, 3.05) is 12.4 Å². The zero-order valence-corrected chi connectivity index (χ0v) is 11.2. The second-order valence-corrected chi connectivity index (χ2v) is 5.14. The van der Waals surface area contributed by atoms with E-state index < -0.39 is 11.5 Å². The largest absolute Gasteiger partial charge is 0.481 e. The molecule has 1 aliphatic carbocycles. The fourth-order valence-electron chi connectivity index (χ4n) is 2.41. The lowest BCUT2D eigenvalue weighted by atomic mass is 9.77. The molecule has 1 aromatic rings. The van der Waals surface area contributed by atoms with E-state index in [0.717, 1.165) is 12.8 Å². The van der Waals surface area contributed by atoms with Crippen LogP contribution in [0.2, 0.25) is 0 Å². The third kappa shape index (κ3) is 2.94. The third-order valence-electron chi connectivity index (χ3n) is 3.76. The predicted octanol–water partition coefficient (Wildman–Crippen LogP) is 1.93. The van der Waals surface area contributed by atoms with Gasteiger partial charge in [-0.3, -0.25) is 0 Å². The van der Waals surface area contributed by atoms with E-state index >= 15 is 0 Å². The summed E-state index contributed by atoms with van der Waals surface area (Å²) in [6.07, 6.45) is 4.39. The van der Waals surface area contributed by atoms with Crippen molar-refractivity contribution in [3.05, 3.63) is 12.4 Å². The summed E-state index contributed by atoms with van der Waals surface area (Å²) < 4.78 is 5.02. The Balaban J connectivity index is 2.19. The van der Waals surface area contributed by atoms with Gasteiger partial charge in [-0.05, 0) is 31.6 Å². The van der Waals surface area contributed by atoms with Crippen molar-refractivity contribution in [2.24, 2.45) is 5.92 Å². The quantitative estimate of drug-likeness (QED) is 0.865. The van der Waals surface area contributed by atoms with Gasteiger partial charge in [0.1, 0.15) is 17.7 Å². The number of anilines is 1. The van der Waals surface area contributed by atoms with Crippen molar-refractivity contribution in [3.8, 4) is 5.88 Å². The molecule has 0 unspecified atom stereocenters. The van der Waals surface area contributed by atoms with Gasteiger partial charge in [0.2, 0.25) is 5.88 Å². The summed E-state index contributed by atoms with van der Waals surface area (Å²) in [5.74, 6) is 0.664. The SMILES string of the molecule is COc1cc(NC2(C(=O)O)CCC(C)CC2)ncn1. The smallest absolute Gasteiger partial charge is 0.329 e. The molecule has 2 rings (SSSR count). The minimum absolute atomic E-state index is 0.419. The highest BCUT2D eigenvalue weighted by atomic mass is 16.5. The number of nitrogens with one attached hydrogen (secondary N) is 1. The van der Waals surface area contributed by atoms with Crippen LogP contribution in [0.15, 0.2) is 12.4 Å². The molecular formula is C13H19N3O3. The fourth-order valence-corrected chi connectivity index (χ4v) is 2.41. The van der Waals surface area contributed by atoms with Crippen LogP contribution < -0.4 is 10.1 Å². The van der Waals surface area contributed by atoms with Crippen molar-refractivity contribution in [1.82, 2.24) is 9.97 Å². The number of methoxy groups -OCH3 is 1. The highest BCUT2D eigenvalue weighted by Crippen LogP contribution is 2.34. The lowest BCUT2D eigenvalue weighted by Crippen LogP contribution is -2.49. The summed E-state index contributed by atoms with van der Waals surface area (Å²) in [5.41, 5.74) is -0.925. The lowest BCUT2D eigenvalue weighted by Gasteiger charge is -2.36. The number of hydrogen-bond donors (Lipinski definition) is 2. The molecule has 0 saturated heterocycles. The van der Waals surface area contributed by atoms with E-state index in [1.165, 1.54) is 13.4 Å². The van der Waals surface area contributed by atoms with Crippen molar-refractivity contribution in [3.63, 3.8) is 0 Å². The molecule has 0 atom stereocenters. The van der Waals surface area contributed by atoms with E-state index in [4.69, 9.17) is 4.74 Å². The molecule has 1 saturated carbocycles. The minimum atomic E-state index is -0.925. The van der Waals surface area contributed by atoms with Gasteiger partial charge in [0.25, 0.3) is 0 Å². The zero-order chi connectivity index (χ0) is 13.9. The molecule has 0 aliphatic heterocycles. The van der Waals surface area contributed by atoms with Gasteiger partial charge < -0.3 is 15.2 Å². The molecule has 6 heteroatoms. The first-order chi connectivity index (χ1) is 9.05. The fraction of sp³-hybridized carbons (Fsp3) is 0.615. The number of ether oxygens (including phenoxy) is 1. The van der Waals surface area contributed by atoms with Gasteiger partial charge in [0, 0.05) is 6.07 Å². The van der Waals surface area contributed by atoms with Gasteiger partial charge >= 0.3 is 5.97 Å². The van der Waals surface area contributed by atoms with Crippen molar-refractivity contribution < 1.29 is 14.6 Å². The number of aromatic nitrogens is 2. The molecule has 0 aromatic carbocycles. The molecule has 2 N–H and O–H groups in total. The van der Waals surface area contributed by atoms with Crippen LogP contribution in [0.1, 0.15) is 32.6 Å². The van der Waals surface area contributed by atoms with Crippen LogP contribution in [0.3, 0.4) is 0 Å². The van der Waals surface area contributed by atoms with E-state index in [9.17, 15) is 9.90 Å². The molecule has 1 aromatic heterocycles. The Kier molecular flexibility index (Phi) is 3.87. The first kappa shape index (κ1) is 13.6. The molecule has 1 heterocycles. The van der Waals surface area contributed by atoms with Crippen LogP contribution in [0.4, 0.5) is 5.82 Å². The molecule has 0 bridgehead atoms. The lowest BCUT2D eigenvalue weighted by molar-refractivity contribution is -0.143. The Morgan fingerprint density at radius 3 is 2.74 bits per heavy atom. The normalized spacial score (nSPS) is 26.7. The Morgan fingerprint density at radius 1 is 1.47 bits per heavy atom. The van der Waals surface area contributed by atoms with Gasteiger partial charge in [-0.15, -0.1) is 0 Å². The second-order valence-electron chi connectivity index (χ2n) is 5.14. The van der Waals surface area contributed by atoms with Crippen LogP contribution in [-0.2, 0) is 4.79 Å². The number of carboxylic acids is 1. The first-order valence-corrected chi connectivity index (χ1v) is 6.43. The zero-order valence-electron chi connectivity index (χ0n) is 11.2. The minimum Gasteiger partial charge on any atom is -0.481 e. The number of rotatable bonds is 4. The van der Waals surface area contributed by atoms with E-state index in [2.05, 4.69) is 22.2 Å². The Hall–Kier alpha value is -1.85. The number of aliphatic carboxylic acids is 1. The number of nitrogens with zero attached hydrogens (tertiary/aromatic N) is 2. The summed E-state index contributed by atoms with van der Waals surface area (Å²) in [6.45, 7) is 2.15. The average Bonchev–Trinajstić information content (AvgIpc) is 2.41. The molecule has 1 aliphatic rings. The van der Waals surface area contributed by atoms with Gasteiger partial charge in [0.15, 0.2) is 0 Å². The Labute approximate surface area is 112 Å². The predicted molar refractivity (Wildman–Crippen MR) is 70.2 cm³/mol. The summed E-state index contributed by atoms with van der Waals surface area (Å²) in [6, 6.07) is 1.61. The van der Waals surface area contributed by atoms with Crippen molar-refractivity contribution in [1.29, 1.82) is 0 Å². The first-order valence-electron chi connectivity index (χ1n) is 6.43. The standard InChI is InChI=1S/C13H19N3O3/c1-9-3-5-13(6-4-9,12(17)18)16-10-7-11(19-2)15-8-14-10/h7-9H,3-6H2,1-2H3,(H,17,18)(H,14,15,16). The Morgan fingerprint density at radius 2 is 2.16 bits per heavy atom. The molecule has 0 radical (unpaired) electrons. The molecular weight excluding hydrogens is 246 g/mol. The van der Waals surface area contributed by atoms with E-state index in [1.807, 2.05) is 0 Å². The van der Waals surface area contributed by atoms with Gasteiger partial charge in [-0.2, -0.15) is 0 Å². The van der Waals surface area contributed by atoms with Crippen LogP contribution in [-0.4, -0.2) is 33.7 Å². The van der Waals surface area contributed by atoms with Gasteiger partial charge in [-0.1, -0.05) is 6.92 Å². The number of carboxylic acid groups (broad SMARTS) is 1. The highest BCUT2D eigenvalue weighted by molar-refractivity contribution is 5.82. The molecule has 0 amide bonds. The molecule has 104 valence electrons. The molecule has 0 spiro atoms. The van der Waals surface area contributed by atoms with Crippen molar-refractivity contribution in [2.45, 2.75) is 38.1 Å². The highest BCUT2D eigenvalue weighted by Gasteiger charge is 2.41. The van der Waals surface area contributed by atoms with E-state index in [1.54, 1.807) is 6.07 Å². The van der Waals surface area contributed by atoms with Crippen LogP contribution in [0, 0.1) is 5.92 Å². The van der Waals surface area contributed by atoms with Crippen LogP contribution in [0.5, 0.6) is 5.88 Å². The van der Waals surface area contributed by atoms with Gasteiger partial charge in [0.05, 0.1) is 7.11 Å². The van der Waals surface area contributed by atoms with Crippen LogP contribution >= 0.6 is 0 Å². The average molecular weight is 265 g/mol. The van der Waals surface area contributed by atoms with E-state index in [0.29, 0.717) is 30.5 Å². The van der Waals surface area contributed by atoms with Gasteiger partial charge in [-0.25, -0.2) is 14.8 Å². The summed E-state index contributed by atoms with van der Waals surface area (Å²) in [4.78, 5) is 19.6. The maximum absolute atomic E-state index is 11.6. The maximum Gasteiger partial charge on any atom is 0.329 e. The molecule has 1 fully saturated rings. The molecule has 6 nitrogen and oxygen atoms in total. The second kappa shape index (κ2) is 5.42. The van der Waals surface area contributed by atoms with Crippen molar-refractivity contribution >= 4 is 11.8 Å². The third-order valence-corrected chi connectivity index (χ3v) is 3.76. The number of carbonyl (C=O) groups is 1. The summed E-state index contributed by atoms with van der Waals surface area (Å²) >= 11 is 0. The molecule has 19 heavy (non-hydrogen) atoms. The monoisotopic (exact) mass is 265 g/mol. The topological polar surface area (TPSA) is 84.3 Å². The maximum atomic E-state index is 11.6. The Bertz CT molecular complexity index is 456. The summed E-state index contributed by atoms with van der Waals surface area (Å²) in [7, 11) is 1.52. The number of hydrogen-bond acceptors (Lipinski definition) is 5. The van der Waals surface area contributed by atoms with Crippen LogP contribution in [0.25, 0.3) is 0 Å². The summed E-state index contributed by atoms with van der Waals surface area (Å²) in [5, 5.41) is 12.6.